The fourth-order valence-corrected chi connectivity index (χ4v) is 4.76. The molecule has 0 N–H and O–H groups in total. The van der Waals surface area contributed by atoms with Gasteiger partial charge in [-0.25, -0.2) is 4.98 Å². The summed E-state index contributed by atoms with van der Waals surface area (Å²) in [7, 11) is 3.41. The van der Waals surface area contributed by atoms with Crippen LogP contribution in [0.1, 0.15) is 24.3 Å². The van der Waals surface area contributed by atoms with Crippen molar-refractivity contribution in [2.75, 3.05) is 45.4 Å². The first-order valence-electron chi connectivity index (χ1n) is 9.93. The number of thiophene rings is 1. The Bertz CT molecular complexity index is 935. The molecule has 0 amide bonds. The van der Waals surface area contributed by atoms with E-state index in [1.807, 2.05) is 0 Å². The Morgan fingerprint density at radius 1 is 0.966 bits per heavy atom. The van der Waals surface area contributed by atoms with Crippen LogP contribution in [0.15, 0.2) is 24.3 Å². The first kappa shape index (κ1) is 22.0. The van der Waals surface area contributed by atoms with E-state index in [0.717, 1.165) is 28.9 Å². The molecule has 156 valence electrons. The lowest BCUT2D eigenvalue weighted by Gasteiger charge is -2.24. The highest BCUT2D eigenvalue weighted by Gasteiger charge is 2.22. The molecule has 0 aliphatic heterocycles. The summed E-state index contributed by atoms with van der Waals surface area (Å²) in [6.45, 7) is 6.94. The van der Waals surface area contributed by atoms with Crippen LogP contribution in [0.25, 0.3) is 21.3 Å². The number of halogens is 1. The molecular formula is C22H28ClN3O2S. The van der Waals surface area contributed by atoms with E-state index in [-0.39, 0.29) is 5.28 Å². The van der Waals surface area contributed by atoms with Crippen molar-refractivity contribution in [3.63, 3.8) is 0 Å². The largest absolute Gasteiger partial charge is 0.383 e. The molecule has 5 nitrogen and oxygen atoms in total. The van der Waals surface area contributed by atoms with Crippen LogP contribution < -0.4 is 4.90 Å². The van der Waals surface area contributed by atoms with Gasteiger partial charge in [0.2, 0.25) is 5.28 Å². The minimum absolute atomic E-state index is 0.268. The van der Waals surface area contributed by atoms with Gasteiger partial charge in [-0.15, -0.1) is 11.3 Å². The number of rotatable bonds is 10. The summed E-state index contributed by atoms with van der Waals surface area (Å²) in [4.78, 5) is 13.6. The second-order valence-corrected chi connectivity index (χ2v) is 8.19. The first-order chi connectivity index (χ1) is 14.1. The Labute approximate surface area is 181 Å². The molecule has 0 radical (unpaired) electrons. The van der Waals surface area contributed by atoms with Gasteiger partial charge in [0, 0.05) is 37.7 Å². The summed E-state index contributed by atoms with van der Waals surface area (Å²) in [5, 5.41) is 1.33. The van der Waals surface area contributed by atoms with Crippen LogP contribution >= 0.6 is 22.9 Å². The highest BCUT2D eigenvalue weighted by atomic mass is 35.5. The minimum atomic E-state index is 0.268. The average Bonchev–Trinajstić information content (AvgIpc) is 3.11. The number of ether oxygens (including phenoxy) is 2. The molecule has 0 unspecified atom stereocenters. The molecule has 0 bridgehead atoms. The minimum Gasteiger partial charge on any atom is -0.383 e. The van der Waals surface area contributed by atoms with Gasteiger partial charge in [0.15, 0.2) is 0 Å². The van der Waals surface area contributed by atoms with E-state index in [1.54, 1.807) is 25.6 Å². The van der Waals surface area contributed by atoms with Crippen LogP contribution in [0, 0.1) is 0 Å². The zero-order valence-electron chi connectivity index (χ0n) is 17.5. The standard InChI is InChI=1S/C22H28ClN3O2S/c1-5-15-7-9-16(10-8-15)18-17(6-2)29-21-19(18)20(24-22(23)25-21)26(11-13-27-3)12-14-28-4/h7-10H,5-6,11-14H2,1-4H3. The van der Waals surface area contributed by atoms with Gasteiger partial charge >= 0.3 is 0 Å². The lowest BCUT2D eigenvalue weighted by molar-refractivity contribution is 0.190. The molecule has 0 spiro atoms. The van der Waals surface area contributed by atoms with Crippen LogP contribution in [0.5, 0.6) is 0 Å². The molecule has 3 rings (SSSR count). The third kappa shape index (κ3) is 4.89. The highest BCUT2D eigenvalue weighted by molar-refractivity contribution is 7.19. The lowest BCUT2D eigenvalue weighted by atomic mass is 10.00. The number of nitrogens with zero attached hydrogens (tertiary/aromatic N) is 3. The predicted octanol–water partition coefficient (Wildman–Crippen LogP) is 5.24. The van der Waals surface area contributed by atoms with Gasteiger partial charge in [-0.2, -0.15) is 4.98 Å². The Balaban J connectivity index is 2.21. The molecular weight excluding hydrogens is 406 g/mol. The van der Waals surface area contributed by atoms with Crippen molar-refractivity contribution in [2.45, 2.75) is 26.7 Å². The maximum absolute atomic E-state index is 6.32. The SMILES string of the molecule is CCc1ccc(-c2c(CC)sc3nc(Cl)nc(N(CCOC)CCOC)c23)cc1. The molecule has 0 saturated heterocycles. The molecule has 0 saturated carbocycles. The third-order valence-electron chi connectivity index (χ3n) is 4.98. The zero-order chi connectivity index (χ0) is 20.8. The third-order valence-corrected chi connectivity index (χ3v) is 6.38. The van der Waals surface area contributed by atoms with E-state index in [4.69, 9.17) is 21.1 Å². The van der Waals surface area contributed by atoms with Gasteiger partial charge in [-0.1, -0.05) is 38.1 Å². The summed E-state index contributed by atoms with van der Waals surface area (Å²) in [6.07, 6.45) is 1.95. The Morgan fingerprint density at radius 3 is 2.17 bits per heavy atom. The van der Waals surface area contributed by atoms with E-state index < -0.39 is 0 Å². The second kappa shape index (κ2) is 10.3. The van der Waals surface area contributed by atoms with Crippen LogP contribution in [-0.4, -0.2) is 50.5 Å². The second-order valence-electron chi connectivity index (χ2n) is 6.77. The van der Waals surface area contributed by atoms with Gasteiger partial charge in [0.25, 0.3) is 0 Å². The van der Waals surface area contributed by atoms with E-state index in [0.29, 0.717) is 26.3 Å². The quantitative estimate of drug-likeness (QED) is 0.409. The van der Waals surface area contributed by atoms with Gasteiger partial charge in [-0.3, -0.25) is 0 Å². The summed E-state index contributed by atoms with van der Waals surface area (Å²) in [5.74, 6) is 0.847. The van der Waals surface area contributed by atoms with Crippen molar-refractivity contribution in [2.24, 2.45) is 0 Å². The van der Waals surface area contributed by atoms with Crippen LogP contribution in [0.4, 0.5) is 5.82 Å². The monoisotopic (exact) mass is 433 g/mol. The van der Waals surface area contributed by atoms with E-state index >= 15 is 0 Å². The first-order valence-corrected chi connectivity index (χ1v) is 11.1. The molecule has 0 aliphatic rings. The molecule has 2 heterocycles. The smallest absolute Gasteiger partial charge is 0.225 e. The van der Waals surface area contributed by atoms with E-state index in [1.165, 1.54) is 21.6 Å². The molecule has 0 fully saturated rings. The molecule has 1 aromatic carbocycles. The summed E-state index contributed by atoms with van der Waals surface area (Å²) in [5.41, 5.74) is 3.73. The number of hydrogen-bond acceptors (Lipinski definition) is 6. The maximum Gasteiger partial charge on any atom is 0.225 e. The lowest BCUT2D eigenvalue weighted by Crippen LogP contribution is -2.31. The predicted molar refractivity (Wildman–Crippen MR) is 123 cm³/mol. The molecule has 3 aromatic rings. The summed E-state index contributed by atoms with van der Waals surface area (Å²) >= 11 is 8.02. The van der Waals surface area contributed by atoms with Gasteiger partial charge in [0.05, 0.1) is 18.6 Å². The number of benzene rings is 1. The van der Waals surface area contributed by atoms with Crippen LogP contribution in [0.3, 0.4) is 0 Å². The molecule has 29 heavy (non-hydrogen) atoms. The summed E-state index contributed by atoms with van der Waals surface area (Å²) < 4.78 is 10.7. The Hall–Kier alpha value is -1.73. The van der Waals surface area contributed by atoms with E-state index in [9.17, 15) is 0 Å². The van der Waals surface area contributed by atoms with E-state index in [2.05, 4.69) is 53.0 Å². The fourth-order valence-electron chi connectivity index (χ4n) is 3.42. The van der Waals surface area contributed by atoms with Crippen molar-refractivity contribution in [1.82, 2.24) is 9.97 Å². The van der Waals surface area contributed by atoms with Crippen molar-refractivity contribution >= 4 is 39.0 Å². The number of hydrogen-bond donors (Lipinski definition) is 0. The number of aromatic nitrogens is 2. The number of aryl methyl sites for hydroxylation is 2. The van der Waals surface area contributed by atoms with Gasteiger partial charge in [0.1, 0.15) is 10.6 Å². The van der Waals surface area contributed by atoms with Crippen LogP contribution in [0.2, 0.25) is 5.28 Å². The van der Waals surface area contributed by atoms with Crippen molar-refractivity contribution < 1.29 is 9.47 Å². The van der Waals surface area contributed by atoms with Crippen LogP contribution in [-0.2, 0) is 22.3 Å². The molecule has 7 heteroatoms. The van der Waals surface area contributed by atoms with Crippen molar-refractivity contribution in [1.29, 1.82) is 0 Å². The average molecular weight is 434 g/mol. The molecule has 0 aliphatic carbocycles. The topological polar surface area (TPSA) is 47.5 Å². The zero-order valence-corrected chi connectivity index (χ0v) is 19.1. The Morgan fingerprint density at radius 2 is 1.62 bits per heavy atom. The summed E-state index contributed by atoms with van der Waals surface area (Å²) in [6, 6.07) is 8.80. The fraction of sp³-hybridized carbons (Fsp3) is 0.455. The van der Waals surface area contributed by atoms with Crippen molar-refractivity contribution in [3.8, 4) is 11.1 Å². The highest BCUT2D eigenvalue weighted by Crippen LogP contribution is 2.43. The van der Waals surface area contributed by atoms with Gasteiger partial charge in [-0.05, 0) is 35.6 Å². The molecule has 0 atom stereocenters. The van der Waals surface area contributed by atoms with Gasteiger partial charge < -0.3 is 14.4 Å². The normalized spacial score (nSPS) is 11.3. The Kier molecular flexibility index (Phi) is 7.84. The van der Waals surface area contributed by atoms with Crippen molar-refractivity contribution in [3.05, 3.63) is 40.0 Å². The molecule has 2 aromatic heterocycles. The number of fused-ring (bicyclic) bond motifs is 1. The number of anilines is 1. The number of methoxy groups -OCH3 is 2. The maximum atomic E-state index is 6.32.